The Kier molecular flexibility index (Phi) is 4.82. The maximum atomic E-state index is 13.1. The van der Waals surface area contributed by atoms with E-state index in [0.717, 1.165) is 26.7 Å². The second-order valence-corrected chi connectivity index (χ2v) is 7.32. The highest BCUT2D eigenvalue weighted by Gasteiger charge is 2.28. The summed E-state index contributed by atoms with van der Waals surface area (Å²) in [4.78, 5) is 20.3. The van der Waals surface area contributed by atoms with E-state index in [1.165, 1.54) is 11.3 Å². The minimum atomic E-state index is -0.0734. The number of carbonyl (C=O) groups excluding carboxylic acids is 1. The summed E-state index contributed by atoms with van der Waals surface area (Å²) in [5.41, 5.74) is 2.95. The minimum Gasteiger partial charge on any atom is -0.370 e. The van der Waals surface area contributed by atoms with Crippen LogP contribution in [0.2, 0.25) is 0 Å². The average Bonchev–Trinajstić information content (AvgIpc) is 3.10. The van der Waals surface area contributed by atoms with Gasteiger partial charge in [-0.2, -0.15) is 0 Å². The molecule has 0 spiro atoms. The Morgan fingerprint density at radius 2 is 1.81 bits per heavy atom. The molecule has 0 saturated carbocycles. The van der Waals surface area contributed by atoms with Gasteiger partial charge < -0.3 is 9.64 Å². The van der Waals surface area contributed by atoms with E-state index in [0.29, 0.717) is 19.7 Å². The predicted molar refractivity (Wildman–Crippen MR) is 103 cm³/mol. The summed E-state index contributed by atoms with van der Waals surface area (Å²) in [5, 5.41) is 0.888. The van der Waals surface area contributed by atoms with Crippen molar-refractivity contribution >= 4 is 17.2 Å². The number of benzene rings is 2. The predicted octanol–water partition coefficient (Wildman–Crippen LogP) is 4.33. The number of amides is 1. The van der Waals surface area contributed by atoms with Gasteiger partial charge in [0.25, 0.3) is 5.91 Å². The van der Waals surface area contributed by atoms with Crippen LogP contribution in [0.3, 0.4) is 0 Å². The van der Waals surface area contributed by atoms with Crippen LogP contribution in [-0.4, -0.2) is 35.5 Å². The van der Waals surface area contributed by atoms with Gasteiger partial charge in [0.15, 0.2) is 0 Å². The van der Waals surface area contributed by atoms with Crippen LogP contribution in [0.5, 0.6) is 0 Å². The van der Waals surface area contributed by atoms with Crippen molar-refractivity contribution in [3.05, 3.63) is 76.8 Å². The van der Waals surface area contributed by atoms with E-state index in [9.17, 15) is 4.79 Å². The highest BCUT2D eigenvalue weighted by Crippen LogP contribution is 2.30. The molecule has 2 heterocycles. The standard InChI is InChI=1S/C21H20N2O2S/c1-15-19(26-20(22-15)17-10-6-3-7-11-17)21(24)23-12-13-25-18(14-23)16-8-4-2-5-9-16/h2-11,18H,12-14H2,1H3/t18-/m1/s1. The van der Waals surface area contributed by atoms with E-state index in [-0.39, 0.29) is 12.0 Å². The summed E-state index contributed by atoms with van der Waals surface area (Å²) in [6, 6.07) is 20.1. The molecule has 5 heteroatoms. The van der Waals surface area contributed by atoms with Gasteiger partial charge in [-0.25, -0.2) is 4.98 Å². The van der Waals surface area contributed by atoms with Crippen LogP contribution in [0.15, 0.2) is 60.7 Å². The van der Waals surface area contributed by atoms with Gasteiger partial charge in [0.2, 0.25) is 0 Å². The summed E-state index contributed by atoms with van der Waals surface area (Å²) in [7, 11) is 0. The van der Waals surface area contributed by atoms with Gasteiger partial charge in [-0.1, -0.05) is 60.7 Å². The van der Waals surface area contributed by atoms with Crippen molar-refractivity contribution in [2.45, 2.75) is 13.0 Å². The molecule has 0 aliphatic carbocycles. The number of ether oxygens (including phenoxy) is 1. The van der Waals surface area contributed by atoms with Crippen LogP contribution in [0.1, 0.15) is 27.0 Å². The summed E-state index contributed by atoms with van der Waals surface area (Å²) in [6.45, 7) is 3.64. The third-order valence-corrected chi connectivity index (χ3v) is 5.73. The molecule has 1 atom stereocenters. The summed E-state index contributed by atoms with van der Waals surface area (Å²) >= 11 is 1.47. The molecule has 4 rings (SSSR count). The number of carbonyl (C=O) groups is 1. The molecular weight excluding hydrogens is 344 g/mol. The van der Waals surface area contributed by atoms with Gasteiger partial charge in [0.05, 0.1) is 18.8 Å². The number of hydrogen-bond acceptors (Lipinski definition) is 4. The Morgan fingerprint density at radius 1 is 1.12 bits per heavy atom. The third-order valence-electron chi connectivity index (χ3n) is 4.54. The molecule has 1 aromatic heterocycles. The highest BCUT2D eigenvalue weighted by atomic mass is 32.1. The molecule has 132 valence electrons. The van der Waals surface area contributed by atoms with E-state index in [1.54, 1.807) is 0 Å². The van der Waals surface area contributed by atoms with Crippen LogP contribution in [0.4, 0.5) is 0 Å². The van der Waals surface area contributed by atoms with Crippen molar-refractivity contribution in [1.82, 2.24) is 9.88 Å². The molecule has 1 fully saturated rings. The highest BCUT2D eigenvalue weighted by molar-refractivity contribution is 7.17. The first-order valence-electron chi connectivity index (χ1n) is 8.71. The van der Waals surface area contributed by atoms with Crippen LogP contribution in [0, 0.1) is 6.92 Å². The molecule has 2 aromatic carbocycles. The first-order valence-corrected chi connectivity index (χ1v) is 9.52. The number of morpholine rings is 1. The summed E-state index contributed by atoms with van der Waals surface area (Å²) < 4.78 is 5.88. The van der Waals surface area contributed by atoms with E-state index in [1.807, 2.05) is 72.5 Å². The molecule has 1 amide bonds. The molecule has 1 aliphatic rings. The number of aromatic nitrogens is 1. The van der Waals surface area contributed by atoms with E-state index in [4.69, 9.17) is 4.74 Å². The maximum Gasteiger partial charge on any atom is 0.266 e. The quantitative estimate of drug-likeness (QED) is 0.695. The Labute approximate surface area is 157 Å². The van der Waals surface area contributed by atoms with Crippen LogP contribution in [0.25, 0.3) is 10.6 Å². The van der Waals surface area contributed by atoms with Crippen molar-refractivity contribution in [2.24, 2.45) is 0 Å². The van der Waals surface area contributed by atoms with E-state index in [2.05, 4.69) is 4.98 Å². The molecule has 0 N–H and O–H groups in total. The number of thiazole rings is 1. The lowest BCUT2D eigenvalue weighted by Crippen LogP contribution is -2.42. The lowest BCUT2D eigenvalue weighted by molar-refractivity contribution is -0.0226. The van der Waals surface area contributed by atoms with Crippen LogP contribution in [-0.2, 0) is 4.74 Å². The topological polar surface area (TPSA) is 42.4 Å². The molecule has 1 saturated heterocycles. The monoisotopic (exact) mass is 364 g/mol. The second-order valence-electron chi connectivity index (χ2n) is 6.32. The fourth-order valence-corrected chi connectivity index (χ4v) is 4.19. The third kappa shape index (κ3) is 3.41. The molecule has 3 aromatic rings. The Bertz CT molecular complexity index is 893. The molecule has 0 bridgehead atoms. The van der Waals surface area contributed by atoms with Crippen LogP contribution >= 0.6 is 11.3 Å². The smallest absolute Gasteiger partial charge is 0.266 e. The number of hydrogen-bond donors (Lipinski definition) is 0. The Balaban J connectivity index is 1.55. The number of aryl methyl sites for hydroxylation is 1. The van der Waals surface area contributed by atoms with Crippen molar-refractivity contribution in [3.63, 3.8) is 0 Å². The van der Waals surface area contributed by atoms with Gasteiger partial charge in [-0.3, -0.25) is 4.79 Å². The zero-order chi connectivity index (χ0) is 17.9. The molecule has 0 radical (unpaired) electrons. The fraction of sp³-hybridized carbons (Fsp3) is 0.238. The van der Waals surface area contributed by atoms with E-state index < -0.39 is 0 Å². The lowest BCUT2D eigenvalue weighted by Gasteiger charge is -2.33. The zero-order valence-corrected chi connectivity index (χ0v) is 15.4. The summed E-state index contributed by atoms with van der Waals surface area (Å²) in [6.07, 6.45) is -0.0734. The fourth-order valence-electron chi connectivity index (χ4n) is 3.15. The Hall–Kier alpha value is -2.50. The Morgan fingerprint density at radius 3 is 2.54 bits per heavy atom. The molecule has 1 aliphatic heterocycles. The summed E-state index contributed by atoms with van der Waals surface area (Å²) in [5.74, 6) is 0.0476. The number of nitrogens with zero attached hydrogens (tertiary/aromatic N) is 2. The molecule has 0 unspecified atom stereocenters. The largest absolute Gasteiger partial charge is 0.370 e. The van der Waals surface area contributed by atoms with Gasteiger partial charge in [-0.15, -0.1) is 11.3 Å². The SMILES string of the molecule is Cc1nc(-c2ccccc2)sc1C(=O)N1CCO[C@@H](c2ccccc2)C1. The first-order chi connectivity index (χ1) is 12.7. The second kappa shape index (κ2) is 7.40. The van der Waals surface area contributed by atoms with Gasteiger partial charge in [0, 0.05) is 12.1 Å². The van der Waals surface area contributed by atoms with E-state index >= 15 is 0 Å². The van der Waals surface area contributed by atoms with Crippen molar-refractivity contribution < 1.29 is 9.53 Å². The van der Waals surface area contributed by atoms with Crippen LogP contribution < -0.4 is 0 Å². The van der Waals surface area contributed by atoms with Crippen molar-refractivity contribution in [3.8, 4) is 10.6 Å². The molecule has 4 nitrogen and oxygen atoms in total. The van der Waals surface area contributed by atoms with Crippen molar-refractivity contribution in [2.75, 3.05) is 19.7 Å². The molecule has 26 heavy (non-hydrogen) atoms. The molecular formula is C21H20N2O2S. The average molecular weight is 364 g/mol. The van der Waals surface area contributed by atoms with Crippen molar-refractivity contribution in [1.29, 1.82) is 0 Å². The van der Waals surface area contributed by atoms with Gasteiger partial charge in [0.1, 0.15) is 16.0 Å². The minimum absolute atomic E-state index is 0.0476. The lowest BCUT2D eigenvalue weighted by atomic mass is 10.1. The first kappa shape index (κ1) is 16.9. The van der Waals surface area contributed by atoms with Gasteiger partial charge in [-0.05, 0) is 12.5 Å². The van der Waals surface area contributed by atoms with Gasteiger partial charge >= 0.3 is 0 Å². The zero-order valence-electron chi connectivity index (χ0n) is 14.6. The normalized spacial score (nSPS) is 17.3. The maximum absolute atomic E-state index is 13.1. The number of rotatable bonds is 3.